The van der Waals surface area contributed by atoms with Crippen molar-refractivity contribution in [2.24, 2.45) is 5.92 Å². The summed E-state index contributed by atoms with van der Waals surface area (Å²) in [4.78, 5) is 13.7. The van der Waals surface area contributed by atoms with Crippen LogP contribution in [0.4, 0.5) is 4.39 Å². The van der Waals surface area contributed by atoms with Gasteiger partial charge >= 0.3 is 0 Å². The van der Waals surface area contributed by atoms with Gasteiger partial charge < -0.3 is 20.1 Å². The minimum absolute atomic E-state index is 0.0776. The maximum atomic E-state index is 12.8. The van der Waals surface area contributed by atoms with Gasteiger partial charge in [0.25, 0.3) is 0 Å². The molecule has 1 aliphatic rings. The quantitative estimate of drug-likeness (QED) is 0.824. The fourth-order valence-electron chi connectivity index (χ4n) is 2.66. The monoisotopic (exact) mass is 310 g/mol. The molecular formula is C16H23FN2O3. The van der Waals surface area contributed by atoms with Gasteiger partial charge in [-0.05, 0) is 50.2 Å². The van der Waals surface area contributed by atoms with E-state index in [0.29, 0.717) is 12.3 Å². The number of aliphatic hydroxyl groups excluding tert-OH is 1. The average Bonchev–Trinajstić information content (AvgIpc) is 2.54. The zero-order valence-electron chi connectivity index (χ0n) is 12.8. The molecule has 2 N–H and O–H groups in total. The third kappa shape index (κ3) is 4.96. The molecule has 2 rings (SSSR count). The van der Waals surface area contributed by atoms with Crippen LogP contribution in [0.2, 0.25) is 0 Å². The summed E-state index contributed by atoms with van der Waals surface area (Å²) in [7, 11) is 1.66. The first-order valence-corrected chi connectivity index (χ1v) is 7.59. The van der Waals surface area contributed by atoms with Crippen LogP contribution in [-0.2, 0) is 4.79 Å². The number of benzene rings is 1. The number of halogens is 1. The van der Waals surface area contributed by atoms with Crippen molar-refractivity contribution in [1.29, 1.82) is 0 Å². The maximum absolute atomic E-state index is 12.8. The molecule has 22 heavy (non-hydrogen) atoms. The van der Waals surface area contributed by atoms with Crippen LogP contribution in [-0.4, -0.2) is 55.3 Å². The normalized spacial score (nSPS) is 18.0. The summed E-state index contributed by atoms with van der Waals surface area (Å²) >= 11 is 0. The number of β-amino-alcohol motifs (C(OH)–C–C–N with tert-alkyl or cyclic N) is 1. The molecule has 0 bridgehead atoms. The molecule has 0 saturated carbocycles. The Morgan fingerprint density at radius 3 is 2.64 bits per heavy atom. The molecule has 1 aromatic carbocycles. The third-order valence-corrected chi connectivity index (χ3v) is 3.93. The van der Waals surface area contributed by atoms with Crippen LogP contribution >= 0.6 is 0 Å². The van der Waals surface area contributed by atoms with E-state index in [2.05, 4.69) is 10.2 Å². The first-order chi connectivity index (χ1) is 10.6. The highest BCUT2D eigenvalue weighted by atomic mass is 19.1. The van der Waals surface area contributed by atoms with Crippen LogP contribution < -0.4 is 10.1 Å². The lowest BCUT2D eigenvalue weighted by atomic mass is 9.96. The Bertz CT molecular complexity index is 473. The molecule has 0 radical (unpaired) electrons. The van der Waals surface area contributed by atoms with Gasteiger partial charge in [-0.2, -0.15) is 0 Å². The van der Waals surface area contributed by atoms with Crippen LogP contribution in [0.3, 0.4) is 0 Å². The molecule has 5 nitrogen and oxygen atoms in total. The predicted octanol–water partition coefficient (Wildman–Crippen LogP) is 1.02. The Morgan fingerprint density at radius 2 is 2.05 bits per heavy atom. The fourth-order valence-corrected chi connectivity index (χ4v) is 2.66. The summed E-state index contributed by atoms with van der Waals surface area (Å²) in [5.74, 6) is 0.402. The van der Waals surface area contributed by atoms with E-state index in [1.165, 1.54) is 24.3 Å². The molecule has 0 aromatic heterocycles. The zero-order chi connectivity index (χ0) is 15.9. The van der Waals surface area contributed by atoms with E-state index >= 15 is 0 Å². The fraction of sp³-hybridized carbons (Fsp3) is 0.562. The van der Waals surface area contributed by atoms with E-state index in [-0.39, 0.29) is 24.2 Å². The van der Waals surface area contributed by atoms with Crippen LogP contribution in [0.15, 0.2) is 24.3 Å². The van der Waals surface area contributed by atoms with E-state index in [9.17, 15) is 14.3 Å². The largest absolute Gasteiger partial charge is 0.491 e. The highest BCUT2D eigenvalue weighted by Gasteiger charge is 2.25. The van der Waals surface area contributed by atoms with Crippen LogP contribution in [0.5, 0.6) is 5.75 Å². The molecule has 1 aliphatic heterocycles. The number of hydrogen-bond donors (Lipinski definition) is 2. The van der Waals surface area contributed by atoms with Crippen molar-refractivity contribution in [3.63, 3.8) is 0 Å². The van der Waals surface area contributed by atoms with Gasteiger partial charge in [0.1, 0.15) is 24.3 Å². The number of carbonyl (C=O) groups excluding carboxylic acids is 1. The molecule has 1 saturated heterocycles. The Balaban J connectivity index is 1.68. The van der Waals surface area contributed by atoms with Gasteiger partial charge in [0.05, 0.1) is 0 Å². The molecule has 6 heteroatoms. The topological polar surface area (TPSA) is 61.8 Å². The summed E-state index contributed by atoms with van der Waals surface area (Å²) in [5.41, 5.74) is 0. The molecule has 0 aliphatic carbocycles. The highest BCUT2D eigenvalue weighted by molar-refractivity contribution is 5.78. The minimum Gasteiger partial charge on any atom is -0.491 e. The number of ether oxygens (including phenoxy) is 1. The zero-order valence-corrected chi connectivity index (χ0v) is 12.8. The Hall–Kier alpha value is -1.66. The van der Waals surface area contributed by atoms with Gasteiger partial charge in [0.15, 0.2) is 0 Å². The maximum Gasteiger partial charge on any atom is 0.222 e. The second kappa shape index (κ2) is 8.10. The third-order valence-electron chi connectivity index (χ3n) is 3.93. The molecule has 1 aromatic rings. The van der Waals surface area contributed by atoms with Gasteiger partial charge in [0.2, 0.25) is 5.91 Å². The summed E-state index contributed by atoms with van der Waals surface area (Å²) in [6.07, 6.45) is 1.01. The highest BCUT2D eigenvalue weighted by Crippen LogP contribution is 2.17. The number of amides is 1. The van der Waals surface area contributed by atoms with E-state index in [1.807, 2.05) is 0 Å². The lowest BCUT2D eigenvalue weighted by molar-refractivity contribution is -0.126. The van der Waals surface area contributed by atoms with Crippen LogP contribution in [0, 0.1) is 11.7 Å². The number of piperidine rings is 1. The second-order valence-corrected chi connectivity index (χ2v) is 5.61. The van der Waals surface area contributed by atoms with Crippen molar-refractivity contribution in [3.8, 4) is 5.75 Å². The molecule has 122 valence electrons. The van der Waals surface area contributed by atoms with Crippen molar-refractivity contribution in [2.45, 2.75) is 18.9 Å². The van der Waals surface area contributed by atoms with Crippen LogP contribution in [0.1, 0.15) is 12.8 Å². The number of likely N-dealkylation sites (tertiary alicyclic amines) is 1. The van der Waals surface area contributed by atoms with Crippen LogP contribution in [0.25, 0.3) is 0 Å². The number of nitrogens with one attached hydrogen (secondary N) is 1. The predicted molar refractivity (Wildman–Crippen MR) is 81.1 cm³/mol. The number of carbonyl (C=O) groups is 1. The molecule has 0 spiro atoms. The van der Waals surface area contributed by atoms with E-state index < -0.39 is 6.10 Å². The average molecular weight is 310 g/mol. The Kier molecular flexibility index (Phi) is 6.15. The number of aliphatic hydroxyl groups is 1. The molecule has 0 unspecified atom stereocenters. The van der Waals surface area contributed by atoms with E-state index in [1.54, 1.807) is 7.05 Å². The number of hydrogen-bond acceptors (Lipinski definition) is 4. The number of nitrogens with zero attached hydrogens (tertiary/aromatic N) is 1. The van der Waals surface area contributed by atoms with Gasteiger partial charge in [-0.1, -0.05) is 0 Å². The Labute approximate surface area is 130 Å². The lowest BCUT2D eigenvalue weighted by Gasteiger charge is -2.32. The molecule has 1 atom stereocenters. The summed E-state index contributed by atoms with van der Waals surface area (Å²) in [5, 5.41) is 12.7. The molecule has 1 amide bonds. The van der Waals surface area contributed by atoms with Gasteiger partial charge in [0, 0.05) is 19.5 Å². The second-order valence-electron chi connectivity index (χ2n) is 5.61. The van der Waals surface area contributed by atoms with Crippen molar-refractivity contribution < 1.29 is 19.0 Å². The van der Waals surface area contributed by atoms with Gasteiger partial charge in [-0.3, -0.25) is 4.79 Å². The van der Waals surface area contributed by atoms with Crippen molar-refractivity contribution in [1.82, 2.24) is 10.2 Å². The summed E-state index contributed by atoms with van der Waals surface area (Å²) in [6.45, 7) is 2.28. The molecule has 1 heterocycles. The summed E-state index contributed by atoms with van der Waals surface area (Å²) < 4.78 is 18.2. The smallest absolute Gasteiger partial charge is 0.222 e. The van der Waals surface area contributed by atoms with E-state index in [0.717, 1.165) is 25.9 Å². The standard InChI is InChI=1S/C16H23FN2O3/c1-18-16(21)12-6-8-19(9-7-12)10-14(20)11-22-15-4-2-13(17)3-5-15/h2-5,12,14,20H,6-11H2,1H3,(H,18,21)/t14-/m1/s1. The molecule has 1 fully saturated rings. The first-order valence-electron chi connectivity index (χ1n) is 7.59. The van der Waals surface area contributed by atoms with E-state index in [4.69, 9.17) is 4.74 Å². The molecular weight excluding hydrogens is 287 g/mol. The Morgan fingerprint density at radius 1 is 1.41 bits per heavy atom. The van der Waals surface area contributed by atoms with Crippen molar-refractivity contribution in [3.05, 3.63) is 30.1 Å². The lowest BCUT2D eigenvalue weighted by Crippen LogP contribution is -2.43. The van der Waals surface area contributed by atoms with Gasteiger partial charge in [-0.25, -0.2) is 4.39 Å². The first kappa shape index (κ1) is 16.7. The SMILES string of the molecule is CNC(=O)C1CCN(C[C@@H](O)COc2ccc(F)cc2)CC1. The minimum atomic E-state index is -0.610. The van der Waals surface area contributed by atoms with Crippen molar-refractivity contribution >= 4 is 5.91 Å². The number of rotatable bonds is 6. The summed E-state index contributed by atoms with van der Waals surface area (Å²) in [6, 6.07) is 5.73. The van der Waals surface area contributed by atoms with Gasteiger partial charge in [-0.15, -0.1) is 0 Å². The van der Waals surface area contributed by atoms with Crippen molar-refractivity contribution in [2.75, 3.05) is 33.3 Å².